The standard InChI is InChI=1S/C18H18F3N3O/c1-12-6-7-23(16-4-3-14(19)10-15(16)20)8-9-24(12)18(25)13-2-5-17(21)22-11-13/h2-5,10-12H,6-9H2,1H3. The van der Waals surface area contributed by atoms with E-state index in [2.05, 4.69) is 4.98 Å². The summed E-state index contributed by atoms with van der Waals surface area (Å²) in [4.78, 5) is 19.7. The monoisotopic (exact) mass is 349 g/mol. The van der Waals surface area contributed by atoms with Gasteiger partial charge in [0.2, 0.25) is 5.95 Å². The molecule has 1 atom stereocenters. The quantitative estimate of drug-likeness (QED) is 0.781. The normalized spacial score (nSPS) is 18.2. The summed E-state index contributed by atoms with van der Waals surface area (Å²) in [6, 6.07) is 5.98. The van der Waals surface area contributed by atoms with E-state index < -0.39 is 17.6 Å². The van der Waals surface area contributed by atoms with Crippen molar-refractivity contribution in [3.05, 3.63) is 59.7 Å². The topological polar surface area (TPSA) is 36.4 Å². The Morgan fingerprint density at radius 2 is 1.92 bits per heavy atom. The molecule has 0 N–H and O–H groups in total. The molecule has 1 aliphatic rings. The molecule has 1 unspecified atom stereocenters. The van der Waals surface area contributed by atoms with Crippen molar-refractivity contribution in [1.82, 2.24) is 9.88 Å². The summed E-state index contributed by atoms with van der Waals surface area (Å²) in [5.74, 6) is -2.11. The van der Waals surface area contributed by atoms with Crippen LogP contribution >= 0.6 is 0 Å². The van der Waals surface area contributed by atoms with Gasteiger partial charge in [-0.15, -0.1) is 0 Å². The molecule has 1 amide bonds. The van der Waals surface area contributed by atoms with Crippen molar-refractivity contribution >= 4 is 11.6 Å². The third kappa shape index (κ3) is 3.75. The molecule has 0 bridgehead atoms. The second-order valence-corrected chi connectivity index (χ2v) is 6.09. The Hall–Kier alpha value is -2.57. The molecule has 1 aromatic carbocycles. The maximum absolute atomic E-state index is 14.0. The number of carbonyl (C=O) groups is 1. The predicted molar refractivity (Wildman–Crippen MR) is 87.9 cm³/mol. The minimum atomic E-state index is -0.640. The third-order valence-electron chi connectivity index (χ3n) is 4.45. The van der Waals surface area contributed by atoms with Crippen molar-refractivity contribution in [1.29, 1.82) is 0 Å². The number of pyridine rings is 1. The van der Waals surface area contributed by atoms with Crippen molar-refractivity contribution in [2.75, 3.05) is 24.5 Å². The van der Waals surface area contributed by atoms with Crippen LogP contribution in [0.4, 0.5) is 18.9 Å². The molecule has 2 aromatic rings. The van der Waals surface area contributed by atoms with Crippen molar-refractivity contribution in [2.45, 2.75) is 19.4 Å². The van der Waals surface area contributed by atoms with E-state index in [4.69, 9.17) is 0 Å². The zero-order valence-corrected chi connectivity index (χ0v) is 13.8. The molecule has 1 saturated heterocycles. The zero-order chi connectivity index (χ0) is 18.0. The molecule has 1 aliphatic heterocycles. The Balaban J connectivity index is 1.76. The van der Waals surface area contributed by atoms with E-state index in [-0.39, 0.29) is 11.9 Å². The number of carbonyl (C=O) groups excluding carboxylic acids is 1. The molecule has 25 heavy (non-hydrogen) atoms. The summed E-state index contributed by atoms with van der Waals surface area (Å²) in [6.45, 7) is 3.27. The van der Waals surface area contributed by atoms with E-state index in [0.29, 0.717) is 37.3 Å². The largest absolute Gasteiger partial charge is 0.367 e. The number of aromatic nitrogens is 1. The van der Waals surface area contributed by atoms with Crippen molar-refractivity contribution in [2.24, 2.45) is 0 Å². The summed E-state index contributed by atoms with van der Waals surface area (Å²) in [5.41, 5.74) is 0.640. The van der Waals surface area contributed by atoms with Gasteiger partial charge in [-0.05, 0) is 37.6 Å². The fourth-order valence-corrected chi connectivity index (χ4v) is 3.01. The maximum Gasteiger partial charge on any atom is 0.255 e. The van der Waals surface area contributed by atoms with Crippen LogP contribution in [-0.4, -0.2) is 41.5 Å². The van der Waals surface area contributed by atoms with Gasteiger partial charge in [0.25, 0.3) is 5.91 Å². The van der Waals surface area contributed by atoms with Crippen LogP contribution in [0.5, 0.6) is 0 Å². The Morgan fingerprint density at radius 3 is 2.60 bits per heavy atom. The Morgan fingerprint density at radius 1 is 1.12 bits per heavy atom. The van der Waals surface area contributed by atoms with E-state index in [1.165, 1.54) is 24.4 Å². The maximum atomic E-state index is 14.0. The van der Waals surface area contributed by atoms with Crippen molar-refractivity contribution in [3.63, 3.8) is 0 Å². The van der Waals surface area contributed by atoms with E-state index >= 15 is 0 Å². The first kappa shape index (κ1) is 17.3. The lowest BCUT2D eigenvalue weighted by atomic mass is 10.1. The van der Waals surface area contributed by atoms with E-state index in [0.717, 1.165) is 12.1 Å². The van der Waals surface area contributed by atoms with Crippen LogP contribution in [-0.2, 0) is 0 Å². The number of amides is 1. The highest BCUT2D eigenvalue weighted by Gasteiger charge is 2.27. The van der Waals surface area contributed by atoms with Gasteiger partial charge in [0.05, 0.1) is 11.3 Å². The molecule has 0 saturated carbocycles. The fraction of sp³-hybridized carbons (Fsp3) is 0.333. The van der Waals surface area contributed by atoms with Crippen molar-refractivity contribution in [3.8, 4) is 0 Å². The molecule has 4 nitrogen and oxygen atoms in total. The average Bonchev–Trinajstić information content (AvgIpc) is 2.77. The molecular weight excluding hydrogens is 331 g/mol. The summed E-state index contributed by atoms with van der Waals surface area (Å²) < 4.78 is 40.0. The molecule has 0 radical (unpaired) electrons. The first-order valence-electron chi connectivity index (χ1n) is 8.08. The number of hydrogen-bond donors (Lipinski definition) is 0. The summed E-state index contributed by atoms with van der Waals surface area (Å²) in [7, 11) is 0. The number of benzene rings is 1. The van der Waals surface area contributed by atoms with Gasteiger partial charge in [0.15, 0.2) is 0 Å². The number of halogens is 3. The van der Waals surface area contributed by atoms with Gasteiger partial charge in [-0.25, -0.2) is 13.8 Å². The molecule has 1 aromatic heterocycles. The van der Waals surface area contributed by atoms with E-state index in [1.54, 1.807) is 4.90 Å². The third-order valence-corrected chi connectivity index (χ3v) is 4.45. The number of nitrogens with zero attached hydrogens (tertiary/aromatic N) is 3. The Bertz CT molecular complexity index is 767. The predicted octanol–water partition coefficient (Wildman–Crippen LogP) is 3.24. The highest BCUT2D eigenvalue weighted by Crippen LogP contribution is 2.23. The summed E-state index contributed by atoms with van der Waals surface area (Å²) in [5, 5.41) is 0. The first-order valence-corrected chi connectivity index (χ1v) is 8.08. The molecule has 132 valence electrons. The van der Waals surface area contributed by atoms with Gasteiger partial charge >= 0.3 is 0 Å². The van der Waals surface area contributed by atoms with Crippen LogP contribution in [0.1, 0.15) is 23.7 Å². The Labute approximate surface area is 143 Å². The molecule has 2 heterocycles. The second kappa shape index (κ2) is 7.13. The van der Waals surface area contributed by atoms with E-state index in [1.807, 2.05) is 11.8 Å². The van der Waals surface area contributed by atoms with Crippen LogP contribution in [0.3, 0.4) is 0 Å². The lowest BCUT2D eigenvalue weighted by molar-refractivity contribution is 0.0704. The minimum absolute atomic E-state index is 0.0638. The average molecular weight is 349 g/mol. The summed E-state index contributed by atoms with van der Waals surface area (Å²) in [6.07, 6.45) is 1.85. The molecule has 0 spiro atoms. The zero-order valence-electron chi connectivity index (χ0n) is 13.8. The highest BCUT2D eigenvalue weighted by molar-refractivity contribution is 5.94. The molecule has 1 fully saturated rings. The van der Waals surface area contributed by atoms with Gasteiger partial charge in [-0.3, -0.25) is 4.79 Å². The second-order valence-electron chi connectivity index (χ2n) is 6.09. The summed E-state index contributed by atoms with van der Waals surface area (Å²) >= 11 is 0. The molecule has 3 rings (SSSR count). The Kier molecular flexibility index (Phi) is 4.92. The van der Waals surface area contributed by atoms with Gasteiger partial charge in [0.1, 0.15) is 11.6 Å². The highest BCUT2D eigenvalue weighted by atomic mass is 19.1. The smallest absolute Gasteiger partial charge is 0.255 e. The van der Waals surface area contributed by atoms with Crippen LogP contribution in [0.15, 0.2) is 36.5 Å². The lowest BCUT2D eigenvalue weighted by Crippen LogP contribution is -2.40. The molecule has 0 aliphatic carbocycles. The minimum Gasteiger partial charge on any atom is -0.367 e. The van der Waals surface area contributed by atoms with Crippen LogP contribution in [0, 0.1) is 17.6 Å². The molecule has 7 heteroatoms. The van der Waals surface area contributed by atoms with E-state index in [9.17, 15) is 18.0 Å². The van der Waals surface area contributed by atoms with Crippen LogP contribution < -0.4 is 4.90 Å². The number of hydrogen-bond acceptors (Lipinski definition) is 3. The SMILES string of the molecule is CC1CCN(c2ccc(F)cc2F)CCN1C(=O)c1ccc(F)nc1. The van der Waals surface area contributed by atoms with Gasteiger partial charge < -0.3 is 9.80 Å². The number of anilines is 1. The number of rotatable bonds is 2. The van der Waals surface area contributed by atoms with Gasteiger partial charge in [0, 0.05) is 37.9 Å². The van der Waals surface area contributed by atoms with Gasteiger partial charge in [-0.1, -0.05) is 0 Å². The van der Waals surface area contributed by atoms with Gasteiger partial charge in [-0.2, -0.15) is 4.39 Å². The lowest BCUT2D eigenvalue weighted by Gasteiger charge is -2.27. The fourth-order valence-electron chi connectivity index (χ4n) is 3.01. The first-order chi connectivity index (χ1) is 12.0. The molecular formula is C18H18F3N3O. The van der Waals surface area contributed by atoms with Crippen molar-refractivity contribution < 1.29 is 18.0 Å². The van der Waals surface area contributed by atoms with Crippen LogP contribution in [0.2, 0.25) is 0 Å². The van der Waals surface area contributed by atoms with Crippen LogP contribution in [0.25, 0.3) is 0 Å².